The summed E-state index contributed by atoms with van der Waals surface area (Å²) < 4.78 is 25.2. The Labute approximate surface area is 203 Å². The average molecular weight is 499 g/mol. The van der Waals surface area contributed by atoms with Gasteiger partial charge in [-0.3, -0.25) is 14.4 Å². The molecule has 0 bridgehead atoms. The van der Waals surface area contributed by atoms with Crippen LogP contribution < -0.4 is 20.6 Å². The number of carboxylic acids is 1. The fraction of sp³-hybridized carbons (Fsp3) is 0.208. The molecule has 3 aromatic rings. The van der Waals surface area contributed by atoms with Gasteiger partial charge in [-0.15, -0.1) is 0 Å². The second-order valence-corrected chi connectivity index (χ2v) is 7.08. The van der Waals surface area contributed by atoms with E-state index in [2.05, 4.69) is 0 Å². The minimum atomic E-state index is -1.57. The van der Waals surface area contributed by atoms with Crippen molar-refractivity contribution in [2.24, 2.45) is 5.73 Å². The summed E-state index contributed by atoms with van der Waals surface area (Å²) in [6.45, 7) is 3.00. The summed E-state index contributed by atoms with van der Waals surface area (Å²) in [6, 6.07) is 9.72. The third kappa shape index (κ3) is 5.43. The van der Waals surface area contributed by atoms with E-state index in [0.29, 0.717) is 0 Å². The smallest absolute Gasteiger partial charge is 0.480 e. The van der Waals surface area contributed by atoms with E-state index in [1.54, 1.807) is 18.2 Å². The zero-order chi connectivity index (χ0) is 26.4. The highest BCUT2D eigenvalue weighted by atomic mass is 16.7. The van der Waals surface area contributed by atoms with Crippen LogP contribution in [0.15, 0.2) is 51.7 Å². The summed E-state index contributed by atoms with van der Waals surface area (Å²) in [7, 11) is 0. The van der Waals surface area contributed by atoms with E-state index in [9.17, 15) is 29.1 Å². The number of carboxylic acid groups (broad SMARTS) is 1. The molecule has 188 valence electrons. The molecule has 0 fully saturated rings. The number of carbonyl (C=O) groups excluding carboxylic acids is 3. The van der Waals surface area contributed by atoms with Gasteiger partial charge in [0.2, 0.25) is 5.43 Å². The van der Waals surface area contributed by atoms with Crippen LogP contribution >= 0.6 is 0 Å². The number of primary amides is 1. The molecule has 2 aromatic carbocycles. The van der Waals surface area contributed by atoms with Crippen molar-refractivity contribution < 1.29 is 47.6 Å². The molecule has 0 spiro atoms. The lowest BCUT2D eigenvalue weighted by Crippen LogP contribution is -2.28. The van der Waals surface area contributed by atoms with Gasteiger partial charge in [0, 0.05) is 6.07 Å². The van der Waals surface area contributed by atoms with Gasteiger partial charge >= 0.3 is 18.3 Å². The molecule has 0 radical (unpaired) electrons. The van der Waals surface area contributed by atoms with E-state index in [1.807, 2.05) is 0 Å². The summed E-state index contributed by atoms with van der Waals surface area (Å²) in [6.07, 6.45) is -2.33. The lowest BCUT2D eigenvalue weighted by Gasteiger charge is -2.16. The molecule has 1 heterocycles. The molecule has 12 nitrogen and oxygen atoms in total. The van der Waals surface area contributed by atoms with Crippen LogP contribution in [-0.2, 0) is 14.3 Å². The normalized spacial score (nSPS) is 11.4. The van der Waals surface area contributed by atoms with Crippen LogP contribution in [0.5, 0.6) is 11.5 Å². The molecule has 1 amide bonds. The molecule has 1 unspecified atom stereocenters. The number of fused-ring (bicyclic) bond motifs is 1. The highest BCUT2D eigenvalue weighted by molar-refractivity contribution is 5.99. The number of hydrogen-bond donors (Lipinski definition) is 2. The lowest BCUT2D eigenvalue weighted by molar-refractivity contribution is -0.138. The van der Waals surface area contributed by atoms with E-state index in [1.165, 1.54) is 26.0 Å². The third-order valence-corrected chi connectivity index (χ3v) is 4.78. The van der Waals surface area contributed by atoms with Crippen molar-refractivity contribution in [2.75, 3.05) is 13.2 Å². The molecule has 0 aliphatic heterocycles. The molecular formula is C24H21NO11. The van der Waals surface area contributed by atoms with Crippen molar-refractivity contribution in [2.45, 2.75) is 19.8 Å². The van der Waals surface area contributed by atoms with Crippen LogP contribution in [0.4, 0.5) is 9.59 Å². The first-order chi connectivity index (χ1) is 17.2. The number of ether oxygens (including phenoxy) is 4. The number of rotatable bonds is 8. The molecule has 3 rings (SSSR count). The molecule has 0 saturated heterocycles. The van der Waals surface area contributed by atoms with Crippen LogP contribution in [-0.4, -0.2) is 42.5 Å². The Hall–Kier alpha value is -4.87. The maximum absolute atomic E-state index is 13.3. The van der Waals surface area contributed by atoms with Crippen LogP contribution in [0.2, 0.25) is 0 Å². The highest BCUT2D eigenvalue weighted by Gasteiger charge is 2.33. The highest BCUT2D eigenvalue weighted by Crippen LogP contribution is 2.35. The Morgan fingerprint density at radius 2 is 1.50 bits per heavy atom. The molecular weight excluding hydrogens is 478 g/mol. The lowest BCUT2D eigenvalue weighted by atomic mass is 9.92. The van der Waals surface area contributed by atoms with Crippen LogP contribution in [0.3, 0.4) is 0 Å². The summed E-state index contributed by atoms with van der Waals surface area (Å²) in [5, 5.41) is 9.60. The first-order valence-electron chi connectivity index (χ1n) is 10.6. The SMILES string of the molecule is CCOC(=O)Oc1cc2oc(C(C(=O)O)c3ccccc3)c(C(N)=O)c(=O)c2cc1OC(=O)OCC. The van der Waals surface area contributed by atoms with E-state index >= 15 is 0 Å². The van der Waals surface area contributed by atoms with E-state index in [-0.39, 0.29) is 29.7 Å². The molecule has 0 aliphatic carbocycles. The summed E-state index contributed by atoms with van der Waals surface area (Å²) in [5.74, 6) is -5.58. The van der Waals surface area contributed by atoms with Crippen LogP contribution in [0.25, 0.3) is 11.0 Å². The minimum absolute atomic E-state index is 0.0287. The van der Waals surface area contributed by atoms with Gasteiger partial charge in [-0.25, -0.2) is 9.59 Å². The van der Waals surface area contributed by atoms with Gasteiger partial charge in [-0.2, -0.15) is 0 Å². The van der Waals surface area contributed by atoms with Gasteiger partial charge in [0.25, 0.3) is 5.91 Å². The molecule has 12 heteroatoms. The van der Waals surface area contributed by atoms with Crippen LogP contribution in [0.1, 0.15) is 41.4 Å². The van der Waals surface area contributed by atoms with Gasteiger partial charge in [-0.1, -0.05) is 30.3 Å². The minimum Gasteiger partial charge on any atom is -0.480 e. The van der Waals surface area contributed by atoms with Crippen molar-refractivity contribution in [3.63, 3.8) is 0 Å². The summed E-state index contributed by atoms with van der Waals surface area (Å²) in [5.41, 5.74) is 3.66. The van der Waals surface area contributed by atoms with Gasteiger partial charge in [0.15, 0.2) is 11.5 Å². The number of aliphatic carboxylic acids is 1. The number of nitrogens with two attached hydrogens (primary N) is 1. The monoisotopic (exact) mass is 499 g/mol. The van der Waals surface area contributed by atoms with Gasteiger partial charge in [0.05, 0.1) is 18.6 Å². The predicted molar refractivity (Wildman–Crippen MR) is 122 cm³/mol. The zero-order valence-corrected chi connectivity index (χ0v) is 19.1. The Balaban J connectivity index is 2.31. The van der Waals surface area contributed by atoms with E-state index in [4.69, 9.17) is 29.1 Å². The van der Waals surface area contributed by atoms with Gasteiger partial charge < -0.3 is 34.2 Å². The number of benzene rings is 2. The standard InChI is InChI=1S/C24H21NO11/c1-3-32-23(30)35-15-10-13-14(11-16(15)36-24(31)33-4-2)34-20(18(19(13)26)21(25)27)17(22(28)29)12-8-6-5-7-9-12/h5-11,17H,3-4H2,1-2H3,(H2,25,27)(H,28,29). The molecule has 3 N–H and O–H groups in total. The van der Waals surface area contributed by atoms with Crippen molar-refractivity contribution in [3.05, 3.63) is 69.6 Å². The predicted octanol–water partition coefficient (Wildman–Crippen LogP) is 3.18. The Morgan fingerprint density at radius 3 is 2.00 bits per heavy atom. The second kappa shape index (κ2) is 11.0. The summed E-state index contributed by atoms with van der Waals surface area (Å²) in [4.78, 5) is 61.5. The van der Waals surface area contributed by atoms with Crippen molar-refractivity contribution in [1.29, 1.82) is 0 Å². The largest absolute Gasteiger partial charge is 0.513 e. The fourth-order valence-electron chi connectivity index (χ4n) is 3.34. The Kier molecular flexibility index (Phi) is 7.89. The quantitative estimate of drug-likeness (QED) is 0.343. The second-order valence-electron chi connectivity index (χ2n) is 7.08. The first-order valence-corrected chi connectivity index (χ1v) is 10.6. The summed E-state index contributed by atoms with van der Waals surface area (Å²) >= 11 is 0. The number of amides is 1. The maximum atomic E-state index is 13.3. The van der Waals surface area contributed by atoms with Gasteiger partial charge in [-0.05, 0) is 25.5 Å². The molecule has 1 atom stereocenters. The van der Waals surface area contributed by atoms with Crippen molar-refractivity contribution in [3.8, 4) is 11.5 Å². The molecule has 36 heavy (non-hydrogen) atoms. The Morgan fingerprint density at radius 1 is 0.944 bits per heavy atom. The van der Waals surface area contributed by atoms with E-state index < -0.39 is 58.4 Å². The zero-order valence-electron chi connectivity index (χ0n) is 19.1. The van der Waals surface area contributed by atoms with Gasteiger partial charge in [0.1, 0.15) is 22.8 Å². The number of carbonyl (C=O) groups is 4. The van der Waals surface area contributed by atoms with Crippen molar-refractivity contribution >= 4 is 35.2 Å². The fourth-order valence-corrected chi connectivity index (χ4v) is 3.34. The van der Waals surface area contributed by atoms with E-state index in [0.717, 1.165) is 12.1 Å². The van der Waals surface area contributed by atoms with Crippen molar-refractivity contribution in [1.82, 2.24) is 0 Å². The Bertz CT molecular complexity index is 1380. The number of hydrogen-bond acceptors (Lipinski definition) is 10. The average Bonchev–Trinajstić information content (AvgIpc) is 2.80. The molecule has 1 aromatic heterocycles. The topological polar surface area (TPSA) is 182 Å². The first kappa shape index (κ1) is 25.7. The third-order valence-electron chi connectivity index (χ3n) is 4.78. The molecule has 0 aliphatic rings. The maximum Gasteiger partial charge on any atom is 0.513 e. The molecule has 0 saturated carbocycles. The van der Waals surface area contributed by atoms with Crippen LogP contribution in [0, 0.1) is 0 Å².